The van der Waals surface area contributed by atoms with Crippen molar-refractivity contribution in [1.82, 2.24) is 0 Å². The summed E-state index contributed by atoms with van der Waals surface area (Å²) in [7, 11) is 0. The first-order valence-corrected chi connectivity index (χ1v) is 7.32. The number of aliphatic hydroxyl groups is 2. The average Bonchev–Trinajstić information content (AvgIpc) is 3.17. The summed E-state index contributed by atoms with van der Waals surface area (Å²) >= 11 is 0. The molecule has 4 rings (SSSR count). The molecule has 2 saturated carbocycles. The number of benzene rings is 1. The van der Waals surface area contributed by atoms with Gasteiger partial charge in [0.2, 0.25) is 0 Å². The Morgan fingerprint density at radius 3 is 2.45 bits per heavy atom. The van der Waals surface area contributed by atoms with Crippen LogP contribution in [0.5, 0.6) is 0 Å². The van der Waals surface area contributed by atoms with Crippen LogP contribution in [0, 0.1) is 23.7 Å². The summed E-state index contributed by atoms with van der Waals surface area (Å²) in [5.74, 6) is 1.11. The van der Waals surface area contributed by atoms with Crippen LogP contribution in [0.1, 0.15) is 6.42 Å². The van der Waals surface area contributed by atoms with E-state index in [0.29, 0.717) is 11.8 Å². The van der Waals surface area contributed by atoms with Crippen LogP contribution in [-0.2, 0) is 0 Å². The first-order valence-electron chi connectivity index (χ1n) is 7.32. The van der Waals surface area contributed by atoms with E-state index >= 15 is 0 Å². The third kappa shape index (κ3) is 1.50. The lowest BCUT2D eigenvalue weighted by molar-refractivity contribution is 0.0660. The van der Waals surface area contributed by atoms with Crippen LogP contribution in [0.4, 0.5) is 5.69 Å². The minimum Gasteiger partial charge on any atom is -0.396 e. The van der Waals surface area contributed by atoms with Crippen molar-refractivity contribution in [3.8, 4) is 0 Å². The van der Waals surface area contributed by atoms with Crippen LogP contribution in [0.3, 0.4) is 0 Å². The van der Waals surface area contributed by atoms with Crippen molar-refractivity contribution in [1.29, 1.82) is 0 Å². The van der Waals surface area contributed by atoms with Gasteiger partial charge in [0.1, 0.15) is 0 Å². The zero-order valence-corrected chi connectivity index (χ0v) is 11.2. The average molecular weight is 273 g/mol. The lowest BCUT2D eigenvalue weighted by Crippen LogP contribution is -2.48. The number of hydrogen-bond donors (Lipinski definition) is 2. The SMILES string of the molecule is OC[C@@H]1[C@H](CO)[C@@H]2C[C@H]1[C@@H]1N=NN(c3ccccc3)[C@H]21. The minimum atomic E-state index is 0.149. The molecule has 1 aromatic rings. The lowest BCUT2D eigenvalue weighted by atomic mass is 9.75. The highest BCUT2D eigenvalue weighted by molar-refractivity contribution is 5.48. The molecule has 106 valence electrons. The van der Waals surface area contributed by atoms with E-state index in [4.69, 9.17) is 0 Å². The van der Waals surface area contributed by atoms with Gasteiger partial charge in [-0.2, -0.15) is 5.11 Å². The van der Waals surface area contributed by atoms with Crippen LogP contribution in [0.15, 0.2) is 40.7 Å². The third-order valence-corrected chi connectivity index (χ3v) is 5.43. The predicted molar refractivity (Wildman–Crippen MR) is 74.1 cm³/mol. The standard InChI is InChI=1S/C15H19N3O2/c19-7-12-10-6-11(13(12)8-20)15-14(10)16-17-18(15)9-4-2-1-3-5-9/h1-5,10-15,19-20H,6-8H2/t10-,11+,12+,13-,14+,15-/m1/s1. The molecule has 2 aliphatic carbocycles. The number of para-hydroxylation sites is 1. The van der Waals surface area contributed by atoms with E-state index < -0.39 is 0 Å². The highest BCUT2D eigenvalue weighted by Crippen LogP contribution is 2.57. The molecule has 20 heavy (non-hydrogen) atoms. The van der Waals surface area contributed by atoms with E-state index in [0.717, 1.165) is 12.1 Å². The molecule has 2 bridgehead atoms. The number of fused-ring (bicyclic) bond motifs is 5. The van der Waals surface area contributed by atoms with Crippen LogP contribution in [0.2, 0.25) is 0 Å². The van der Waals surface area contributed by atoms with Gasteiger partial charge in [0, 0.05) is 13.2 Å². The summed E-state index contributed by atoms with van der Waals surface area (Å²) in [6.45, 7) is 0.300. The first kappa shape index (κ1) is 12.3. The lowest BCUT2D eigenvalue weighted by Gasteiger charge is -2.37. The quantitative estimate of drug-likeness (QED) is 0.876. The molecule has 6 atom stereocenters. The van der Waals surface area contributed by atoms with Crippen molar-refractivity contribution >= 4 is 5.69 Å². The van der Waals surface area contributed by atoms with Crippen LogP contribution in [0.25, 0.3) is 0 Å². The number of anilines is 1. The number of hydrogen-bond acceptors (Lipinski definition) is 5. The normalized spacial score (nSPS) is 41.4. The van der Waals surface area contributed by atoms with Crippen molar-refractivity contribution in [3.05, 3.63) is 30.3 Å². The Labute approximate surface area is 117 Å². The molecule has 0 unspecified atom stereocenters. The molecule has 1 heterocycles. The Bertz CT molecular complexity index is 521. The zero-order valence-electron chi connectivity index (χ0n) is 11.2. The molecule has 1 aromatic carbocycles. The molecular weight excluding hydrogens is 254 g/mol. The molecule has 0 spiro atoms. The maximum Gasteiger partial charge on any atom is 0.0988 e. The smallest absolute Gasteiger partial charge is 0.0988 e. The highest BCUT2D eigenvalue weighted by atomic mass is 16.3. The van der Waals surface area contributed by atoms with Gasteiger partial charge in [0.15, 0.2) is 0 Å². The second-order valence-corrected chi connectivity index (χ2v) is 6.12. The molecule has 5 heteroatoms. The summed E-state index contributed by atoms with van der Waals surface area (Å²) < 4.78 is 0. The molecule has 0 aromatic heterocycles. The minimum absolute atomic E-state index is 0.149. The molecule has 1 aliphatic heterocycles. The molecule has 2 N–H and O–H groups in total. The van der Waals surface area contributed by atoms with Gasteiger partial charge in [-0.25, -0.2) is 5.01 Å². The molecule has 0 amide bonds. The molecule has 0 radical (unpaired) electrons. The van der Waals surface area contributed by atoms with E-state index in [1.165, 1.54) is 0 Å². The molecule has 2 fully saturated rings. The Morgan fingerprint density at radius 2 is 1.75 bits per heavy atom. The molecular formula is C15H19N3O2. The van der Waals surface area contributed by atoms with Crippen LogP contribution < -0.4 is 5.01 Å². The Kier molecular flexibility index (Phi) is 2.79. The number of nitrogens with zero attached hydrogens (tertiary/aromatic N) is 3. The maximum atomic E-state index is 9.68. The largest absolute Gasteiger partial charge is 0.396 e. The number of rotatable bonds is 3. The van der Waals surface area contributed by atoms with Gasteiger partial charge in [-0.15, -0.1) is 0 Å². The van der Waals surface area contributed by atoms with Gasteiger partial charge in [-0.05, 0) is 42.2 Å². The second-order valence-electron chi connectivity index (χ2n) is 6.12. The van der Waals surface area contributed by atoms with E-state index in [2.05, 4.69) is 10.3 Å². The Morgan fingerprint density at radius 1 is 1.05 bits per heavy atom. The number of aliphatic hydroxyl groups excluding tert-OH is 2. The van der Waals surface area contributed by atoms with Crippen molar-refractivity contribution in [3.63, 3.8) is 0 Å². The topological polar surface area (TPSA) is 68.4 Å². The van der Waals surface area contributed by atoms with E-state index in [9.17, 15) is 10.2 Å². The third-order valence-electron chi connectivity index (χ3n) is 5.43. The fourth-order valence-electron chi connectivity index (χ4n) is 4.59. The van der Waals surface area contributed by atoms with Gasteiger partial charge >= 0.3 is 0 Å². The molecule has 5 nitrogen and oxygen atoms in total. The fraction of sp³-hybridized carbons (Fsp3) is 0.600. The summed E-state index contributed by atoms with van der Waals surface area (Å²) in [6.07, 6.45) is 1.05. The second kappa shape index (κ2) is 4.53. The highest BCUT2D eigenvalue weighted by Gasteiger charge is 2.61. The van der Waals surface area contributed by atoms with Crippen molar-refractivity contribution in [2.75, 3.05) is 18.2 Å². The summed E-state index contributed by atoms with van der Waals surface area (Å²) in [5.41, 5.74) is 1.06. The summed E-state index contributed by atoms with van der Waals surface area (Å²) in [4.78, 5) is 0. The van der Waals surface area contributed by atoms with E-state index in [1.807, 2.05) is 35.3 Å². The van der Waals surface area contributed by atoms with Gasteiger partial charge in [0.05, 0.1) is 17.8 Å². The van der Waals surface area contributed by atoms with Crippen molar-refractivity contribution in [2.45, 2.75) is 18.5 Å². The monoisotopic (exact) mass is 273 g/mol. The van der Waals surface area contributed by atoms with Crippen LogP contribution in [-0.4, -0.2) is 35.5 Å². The zero-order chi connectivity index (χ0) is 13.7. The van der Waals surface area contributed by atoms with Gasteiger partial charge in [-0.3, -0.25) is 0 Å². The van der Waals surface area contributed by atoms with Crippen molar-refractivity contribution < 1.29 is 10.2 Å². The van der Waals surface area contributed by atoms with Gasteiger partial charge in [0.25, 0.3) is 0 Å². The van der Waals surface area contributed by atoms with E-state index in [1.54, 1.807) is 0 Å². The predicted octanol–water partition coefficient (Wildman–Crippen LogP) is 1.48. The molecule has 0 saturated heterocycles. The Hall–Kier alpha value is -1.46. The summed E-state index contributed by atoms with van der Waals surface area (Å²) in [6, 6.07) is 10.5. The van der Waals surface area contributed by atoms with E-state index in [-0.39, 0.29) is 37.1 Å². The van der Waals surface area contributed by atoms with Crippen LogP contribution >= 0.6 is 0 Å². The Balaban J connectivity index is 1.66. The fourth-order valence-corrected chi connectivity index (χ4v) is 4.59. The maximum absolute atomic E-state index is 9.68. The summed E-state index contributed by atoms with van der Waals surface area (Å²) in [5, 5.41) is 30.1. The van der Waals surface area contributed by atoms with Gasteiger partial charge < -0.3 is 10.2 Å². The first-order chi connectivity index (χ1) is 9.85. The molecule has 3 aliphatic rings. The van der Waals surface area contributed by atoms with Gasteiger partial charge in [-0.1, -0.05) is 23.4 Å². The van der Waals surface area contributed by atoms with Crippen molar-refractivity contribution in [2.24, 2.45) is 34.0 Å².